The van der Waals surface area contributed by atoms with E-state index in [9.17, 15) is 14.7 Å². The molecule has 1 aliphatic heterocycles. The number of carboxylic acid groups (broad SMARTS) is 1. The number of fused-ring (bicyclic) bond motifs is 1. The molecule has 0 spiro atoms. The average Bonchev–Trinajstić information content (AvgIpc) is 2.66. The minimum atomic E-state index is -1.04. The van der Waals surface area contributed by atoms with E-state index in [1.165, 1.54) is 4.90 Å². The molecule has 0 saturated carbocycles. The van der Waals surface area contributed by atoms with Gasteiger partial charge in [-0.05, 0) is 26.1 Å². The molecule has 6 nitrogen and oxygen atoms in total. The largest absolute Gasteiger partial charge is 0.491 e. The zero-order valence-corrected chi connectivity index (χ0v) is 13.0. The maximum absolute atomic E-state index is 12.5. The molecular formula is C16H22N2O4. The van der Waals surface area contributed by atoms with Crippen molar-refractivity contribution >= 4 is 11.9 Å². The summed E-state index contributed by atoms with van der Waals surface area (Å²) < 4.78 is 5.59. The van der Waals surface area contributed by atoms with Gasteiger partial charge in [0, 0.05) is 5.56 Å². The first kappa shape index (κ1) is 16.3. The number of nitrogens with zero attached hydrogens (tertiary/aromatic N) is 2. The van der Waals surface area contributed by atoms with Gasteiger partial charge in [-0.2, -0.15) is 0 Å². The fourth-order valence-corrected chi connectivity index (χ4v) is 2.71. The van der Waals surface area contributed by atoms with Crippen LogP contribution in [0.1, 0.15) is 24.9 Å². The van der Waals surface area contributed by atoms with Gasteiger partial charge < -0.3 is 14.7 Å². The molecule has 1 unspecified atom stereocenters. The lowest BCUT2D eigenvalue weighted by Gasteiger charge is -2.28. The number of carbonyl (C=O) groups is 2. The molecule has 1 atom stereocenters. The molecule has 0 bridgehead atoms. The third kappa shape index (κ3) is 3.57. The highest BCUT2D eigenvalue weighted by Gasteiger charge is 2.35. The quantitative estimate of drug-likeness (QED) is 0.890. The summed E-state index contributed by atoms with van der Waals surface area (Å²) in [6.45, 7) is 3.61. The number of carbonyl (C=O) groups excluding carboxylic acids is 1. The van der Waals surface area contributed by atoms with Crippen LogP contribution in [0.3, 0.4) is 0 Å². The van der Waals surface area contributed by atoms with E-state index in [1.54, 1.807) is 24.3 Å². The van der Waals surface area contributed by atoms with Crippen LogP contribution >= 0.6 is 0 Å². The van der Waals surface area contributed by atoms with Crippen molar-refractivity contribution in [3.05, 3.63) is 29.8 Å². The number of ether oxygens (including phenoxy) is 1. The molecule has 0 radical (unpaired) electrons. The number of para-hydroxylation sites is 1. The predicted molar refractivity (Wildman–Crippen MR) is 81.8 cm³/mol. The smallest absolute Gasteiger partial charge is 0.331 e. The van der Waals surface area contributed by atoms with E-state index in [1.807, 2.05) is 18.9 Å². The molecule has 0 aliphatic carbocycles. The molecule has 6 heteroatoms. The first-order valence-electron chi connectivity index (χ1n) is 7.47. The van der Waals surface area contributed by atoms with Crippen LogP contribution in [0.15, 0.2) is 24.3 Å². The highest BCUT2D eigenvalue weighted by Crippen LogP contribution is 2.32. The van der Waals surface area contributed by atoms with Gasteiger partial charge in [-0.1, -0.05) is 25.1 Å². The molecule has 1 heterocycles. The van der Waals surface area contributed by atoms with Crippen molar-refractivity contribution in [2.75, 3.05) is 33.3 Å². The third-order valence-corrected chi connectivity index (χ3v) is 3.68. The van der Waals surface area contributed by atoms with Crippen molar-refractivity contribution < 1.29 is 19.4 Å². The summed E-state index contributed by atoms with van der Waals surface area (Å²) >= 11 is 0. The molecule has 1 aromatic rings. The Balaban J connectivity index is 2.26. The van der Waals surface area contributed by atoms with E-state index in [-0.39, 0.29) is 19.0 Å². The lowest BCUT2D eigenvalue weighted by Crippen LogP contribution is -2.44. The maximum Gasteiger partial charge on any atom is 0.331 e. The van der Waals surface area contributed by atoms with Crippen LogP contribution < -0.4 is 4.74 Å². The second-order valence-corrected chi connectivity index (χ2v) is 5.45. The summed E-state index contributed by atoms with van der Waals surface area (Å²) in [4.78, 5) is 27.6. The second kappa shape index (κ2) is 7.26. The zero-order valence-electron chi connectivity index (χ0n) is 13.0. The fraction of sp³-hybridized carbons (Fsp3) is 0.500. The third-order valence-electron chi connectivity index (χ3n) is 3.68. The molecule has 2 rings (SSSR count). The van der Waals surface area contributed by atoms with Gasteiger partial charge in [0.15, 0.2) is 6.04 Å². The van der Waals surface area contributed by atoms with Crippen molar-refractivity contribution in [3.8, 4) is 5.75 Å². The molecule has 0 aromatic heterocycles. The van der Waals surface area contributed by atoms with Gasteiger partial charge in [0.1, 0.15) is 12.4 Å². The standard InChI is InChI=1S/C16H22N2O4/c1-3-8-17(2)11-14(19)18-9-10-22-13-7-5-4-6-12(13)15(18)16(20)21/h4-7,15H,3,8-11H2,1-2H3,(H,20,21). The van der Waals surface area contributed by atoms with E-state index >= 15 is 0 Å². The van der Waals surface area contributed by atoms with E-state index in [2.05, 4.69) is 0 Å². The number of aliphatic carboxylic acids is 1. The number of benzene rings is 1. The van der Waals surface area contributed by atoms with Crippen LogP contribution in [0.5, 0.6) is 5.75 Å². The van der Waals surface area contributed by atoms with Gasteiger partial charge in [-0.15, -0.1) is 0 Å². The lowest BCUT2D eigenvalue weighted by molar-refractivity contribution is -0.150. The molecule has 0 fully saturated rings. The van der Waals surface area contributed by atoms with E-state index in [0.29, 0.717) is 17.9 Å². The Kier molecular flexibility index (Phi) is 5.38. The van der Waals surface area contributed by atoms with Crippen molar-refractivity contribution in [2.24, 2.45) is 0 Å². The van der Waals surface area contributed by atoms with Crippen molar-refractivity contribution in [2.45, 2.75) is 19.4 Å². The zero-order chi connectivity index (χ0) is 16.1. The molecule has 120 valence electrons. The summed E-state index contributed by atoms with van der Waals surface area (Å²) in [6.07, 6.45) is 0.943. The predicted octanol–water partition coefficient (Wildman–Crippen LogP) is 1.38. The van der Waals surface area contributed by atoms with Crippen molar-refractivity contribution in [3.63, 3.8) is 0 Å². The number of likely N-dealkylation sites (N-methyl/N-ethyl adjacent to an activating group) is 1. The van der Waals surface area contributed by atoms with E-state index in [0.717, 1.165) is 13.0 Å². The summed E-state index contributed by atoms with van der Waals surface area (Å²) in [6, 6.07) is 6.00. The van der Waals surface area contributed by atoms with Gasteiger partial charge in [-0.25, -0.2) is 4.79 Å². The average molecular weight is 306 g/mol. The molecule has 1 N–H and O–H groups in total. The SMILES string of the molecule is CCCN(C)CC(=O)N1CCOc2ccccc2C1C(=O)O. The Hall–Kier alpha value is -2.08. The van der Waals surface area contributed by atoms with Crippen LogP contribution in [0, 0.1) is 0 Å². The molecular weight excluding hydrogens is 284 g/mol. The number of hydrogen-bond donors (Lipinski definition) is 1. The number of carboxylic acids is 1. The van der Waals surface area contributed by atoms with Crippen molar-refractivity contribution in [1.29, 1.82) is 0 Å². The van der Waals surface area contributed by atoms with E-state index in [4.69, 9.17) is 4.74 Å². The first-order chi connectivity index (χ1) is 10.5. The minimum absolute atomic E-state index is 0.191. The van der Waals surface area contributed by atoms with Crippen LogP contribution in [-0.4, -0.2) is 60.1 Å². The molecule has 1 aliphatic rings. The van der Waals surface area contributed by atoms with E-state index < -0.39 is 12.0 Å². The Labute approximate surface area is 130 Å². The minimum Gasteiger partial charge on any atom is -0.491 e. The Morgan fingerprint density at radius 1 is 1.41 bits per heavy atom. The topological polar surface area (TPSA) is 70.1 Å². The normalized spacial score (nSPS) is 17.6. The van der Waals surface area contributed by atoms with Crippen LogP contribution in [0.4, 0.5) is 0 Å². The van der Waals surface area contributed by atoms with Crippen LogP contribution in [-0.2, 0) is 9.59 Å². The molecule has 1 amide bonds. The maximum atomic E-state index is 12.5. The highest BCUT2D eigenvalue weighted by molar-refractivity contribution is 5.86. The van der Waals surface area contributed by atoms with Gasteiger partial charge in [0.2, 0.25) is 5.91 Å². The molecule has 0 saturated heterocycles. The number of rotatable bonds is 5. The second-order valence-electron chi connectivity index (χ2n) is 5.45. The van der Waals surface area contributed by atoms with Crippen LogP contribution in [0.25, 0.3) is 0 Å². The fourth-order valence-electron chi connectivity index (χ4n) is 2.71. The Morgan fingerprint density at radius 2 is 2.14 bits per heavy atom. The summed E-state index contributed by atoms with van der Waals surface area (Å²) in [5, 5.41) is 9.60. The molecule has 22 heavy (non-hydrogen) atoms. The summed E-state index contributed by atoms with van der Waals surface area (Å²) in [5.74, 6) is -0.694. The Bertz CT molecular complexity index is 547. The van der Waals surface area contributed by atoms with Gasteiger partial charge in [0.05, 0.1) is 13.1 Å². The highest BCUT2D eigenvalue weighted by atomic mass is 16.5. The molecule has 1 aromatic carbocycles. The first-order valence-corrected chi connectivity index (χ1v) is 7.47. The Morgan fingerprint density at radius 3 is 2.82 bits per heavy atom. The van der Waals surface area contributed by atoms with Crippen LogP contribution in [0.2, 0.25) is 0 Å². The van der Waals surface area contributed by atoms with Gasteiger partial charge >= 0.3 is 5.97 Å². The van der Waals surface area contributed by atoms with Gasteiger partial charge in [-0.3, -0.25) is 9.69 Å². The van der Waals surface area contributed by atoms with Crippen molar-refractivity contribution in [1.82, 2.24) is 9.80 Å². The number of amides is 1. The summed E-state index contributed by atoms with van der Waals surface area (Å²) in [5.41, 5.74) is 0.527. The monoisotopic (exact) mass is 306 g/mol. The number of hydrogen-bond acceptors (Lipinski definition) is 4. The summed E-state index contributed by atoms with van der Waals surface area (Å²) in [7, 11) is 1.86. The lowest BCUT2D eigenvalue weighted by atomic mass is 10.0. The van der Waals surface area contributed by atoms with Gasteiger partial charge in [0.25, 0.3) is 0 Å².